The van der Waals surface area contributed by atoms with Crippen molar-refractivity contribution in [3.63, 3.8) is 0 Å². The summed E-state index contributed by atoms with van der Waals surface area (Å²) in [7, 11) is 0. The van der Waals surface area contributed by atoms with Crippen LogP contribution >= 0.6 is 0 Å². The molecule has 4 heteroatoms. The van der Waals surface area contributed by atoms with Gasteiger partial charge in [-0.3, -0.25) is 9.69 Å². The summed E-state index contributed by atoms with van der Waals surface area (Å²) in [6.07, 6.45) is 7.21. The molecule has 4 atom stereocenters. The predicted octanol–water partition coefficient (Wildman–Crippen LogP) is 6.97. The zero-order chi connectivity index (χ0) is 28.6. The van der Waals surface area contributed by atoms with E-state index in [0.29, 0.717) is 31.4 Å². The number of carbonyl (C=O) groups excluding carboxylic acids is 1. The number of allylic oxidation sites excluding steroid dienone is 2. The van der Waals surface area contributed by atoms with Gasteiger partial charge in [-0.25, -0.2) is 0 Å². The van der Waals surface area contributed by atoms with Gasteiger partial charge in [0.15, 0.2) is 5.78 Å². The molecule has 0 amide bonds. The number of benzene rings is 3. The van der Waals surface area contributed by atoms with Crippen molar-refractivity contribution in [3.05, 3.63) is 118 Å². The maximum atomic E-state index is 14.0. The Morgan fingerprint density at radius 2 is 1.66 bits per heavy atom. The van der Waals surface area contributed by atoms with Gasteiger partial charge >= 0.3 is 0 Å². The molecule has 2 N–H and O–H groups in total. The molecule has 0 aromatic heterocycles. The minimum Gasteiger partial charge on any atom is -0.393 e. The van der Waals surface area contributed by atoms with Crippen LogP contribution in [0.4, 0.5) is 0 Å². The van der Waals surface area contributed by atoms with E-state index in [-0.39, 0.29) is 11.7 Å². The quantitative estimate of drug-likeness (QED) is 0.273. The summed E-state index contributed by atoms with van der Waals surface area (Å²) in [5.41, 5.74) is 6.15. The van der Waals surface area contributed by atoms with Gasteiger partial charge in [0.1, 0.15) is 0 Å². The zero-order valence-corrected chi connectivity index (χ0v) is 24.5. The molecular weight excluding hydrogens is 506 g/mol. The second kappa shape index (κ2) is 11.3. The second-order valence-electron chi connectivity index (χ2n) is 13.1. The first-order chi connectivity index (χ1) is 19.8. The number of nitrogens with zero attached hydrogens (tertiary/aromatic N) is 1. The van der Waals surface area contributed by atoms with E-state index in [1.807, 2.05) is 36.4 Å². The lowest BCUT2D eigenvalue weighted by Gasteiger charge is -2.45. The number of hydrogen-bond donors (Lipinski definition) is 2. The van der Waals surface area contributed by atoms with E-state index in [4.69, 9.17) is 0 Å². The summed E-state index contributed by atoms with van der Waals surface area (Å²) in [5, 5.41) is 23.4. The molecule has 1 fully saturated rings. The minimum absolute atomic E-state index is 0.0209. The van der Waals surface area contributed by atoms with Crippen LogP contribution in [0.2, 0.25) is 0 Å². The van der Waals surface area contributed by atoms with Crippen molar-refractivity contribution in [2.75, 3.05) is 6.54 Å². The summed E-state index contributed by atoms with van der Waals surface area (Å²) < 4.78 is 0. The van der Waals surface area contributed by atoms with Crippen molar-refractivity contribution in [3.8, 4) is 0 Å². The molecule has 4 aliphatic rings. The number of rotatable bonds is 4. The summed E-state index contributed by atoms with van der Waals surface area (Å²) in [6, 6.07) is 24.4. The van der Waals surface area contributed by atoms with Crippen LogP contribution < -0.4 is 0 Å². The lowest BCUT2D eigenvalue weighted by Crippen LogP contribution is -2.51. The van der Waals surface area contributed by atoms with Crippen LogP contribution in [0.25, 0.3) is 0 Å². The van der Waals surface area contributed by atoms with Crippen LogP contribution in [0.1, 0.15) is 96.5 Å². The van der Waals surface area contributed by atoms with Gasteiger partial charge in [-0.05, 0) is 86.1 Å². The Balaban J connectivity index is 1.41. The van der Waals surface area contributed by atoms with Gasteiger partial charge in [-0.15, -0.1) is 0 Å². The first-order valence-electron chi connectivity index (χ1n) is 15.3. The summed E-state index contributed by atoms with van der Waals surface area (Å²) in [5.74, 6) is 0.0725. The number of aliphatic hydroxyl groups excluding tert-OH is 1. The van der Waals surface area contributed by atoms with Crippen LogP contribution in [0.5, 0.6) is 0 Å². The molecule has 0 unspecified atom stereocenters. The first kappa shape index (κ1) is 28.1. The number of ketones is 1. The van der Waals surface area contributed by atoms with Crippen molar-refractivity contribution in [1.82, 2.24) is 4.90 Å². The molecule has 4 nitrogen and oxygen atoms in total. The number of carbonyl (C=O) groups is 1. The van der Waals surface area contributed by atoms with Gasteiger partial charge in [-0.2, -0.15) is 0 Å². The van der Waals surface area contributed by atoms with Crippen LogP contribution in [0, 0.1) is 5.41 Å². The molecule has 1 saturated carbocycles. The second-order valence-corrected chi connectivity index (χ2v) is 13.1. The third kappa shape index (κ3) is 5.46. The Labute approximate surface area is 244 Å². The van der Waals surface area contributed by atoms with E-state index >= 15 is 0 Å². The maximum absolute atomic E-state index is 14.0. The number of β-amino-alcohol motifs (C(OH)–C–C–N with tert-alkyl or cyclic N) is 1. The van der Waals surface area contributed by atoms with E-state index < -0.39 is 17.1 Å². The predicted molar refractivity (Wildman–Crippen MR) is 164 cm³/mol. The highest BCUT2D eigenvalue weighted by Crippen LogP contribution is 2.59. The molecule has 3 aromatic rings. The van der Waals surface area contributed by atoms with Gasteiger partial charge in [0, 0.05) is 36.2 Å². The van der Waals surface area contributed by atoms with Crippen molar-refractivity contribution < 1.29 is 15.0 Å². The highest BCUT2D eigenvalue weighted by atomic mass is 16.3. The van der Waals surface area contributed by atoms with Gasteiger partial charge in [0.05, 0.1) is 11.7 Å². The fraction of sp³-hybridized carbons (Fsp3) is 0.432. The van der Waals surface area contributed by atoms with Crippen LogP contribution in [-0.4, -0.2) is 39.1 Å². The molecule has 3 aliphatic carbocycles. The highest BCUT2D eigenvalue weighted by molar-refractivity contribution is 6.10. The Kier molecular flexibility index (Phi) is 7.76. The lowest BCUT2D eigenvalue weighted by molar-refractivity contribution is -0.0845. The fourth-order valence-corrected chi connectivity index (χ4v) is 7.83. The molecule has 7 rings (SSSR count). The summed E-state index contributed by atoms with van der Waals surface area (Å²) in [4.78, 5) is 16.4. The molecule has 0 radical (unpaired) electrons. The molecular formula is C37H43NO3. The smallest absolute Gasteiger partial charge is 0.193 e. The normalized spacial score (nSPS) is 28.5. The average molecular weight is 550 g/mol. The molecule has 1 heterocycles. The van der Waals surface area contributed by atoms with Crippen LogP contribution in [0.3, 0.4) is 0 Å². The minimum atomic E-state index is -0.875. The average Bonchev–Trinajstić information content (AvgIpc) is 3.49. The number of hydrogen-bond acceptors (Lipinski definition) is 4. The Morgan fingerprint density at radius 1 is 0.951 bits per heavy atom. The zero-order valence-electron chi connectivity index (χ0n) is 24.5. The number of fused-ring (bicyclic) bond motifs is 9. The standard InChI is InChI=1S/C37H43NO3/c1-26-9-8-19-36(2)34(18-20-37(36,41)25-38-23-29-12-6-7-13-30(29)24-38)32-17-15-27(21-31(39)16-14-26)22-33(32)35(40)28-10-4-3-5-11-28/h3-7,9-13,15,17,22,31,34,39,41H,8,14,16,18-21,23-25H2,1-2H3/t31-,34-,36-,37+/m0/s1. The summed E-state index contributed by atoms with van der Waals surface area (Å²) in [6.45, 7) is 6.80. The maximum Gasteiger partial charge on any atom is 0.193 e. The van der Waals surface area contributed by atoms with Gasteiger partial charge < -0.3 is 10.2 Å². The Bertz CT molecular complexity index is 1420. The van der Waals surface area contributed by atoms with E-state index in [9.17, 15) is 15.0 Å². The Hall–Kier alpha value is -3.05. The van der Waals surface area contributed by atoms with E-state index in [2.05, 4.69) is 61.2 Å². The SMILES string of the molecule is CC1=CCC[C@@]2(C)[C@@H](CC[C@@]2(O)CN2Cc3ccccc3C2)c2ccc(cc2C(=O)c2ccccc2)C[C@@H](O)CC1. The monoisotopic (exact) mass is 549 g/mol. The van der Waals surface area contributed by atoms with E-state index in [1.54, 1.807) is 0 Å². The van der Waals surface area contributed by atoms with Gasteiger partial charge in [0.2, 0.25) is 0 Å². The van der Waals surface area contributed by atoms with Crippen molar-refractivity contribution in [1.29, 1.82) is 0 Å². The largest absolute Gasteiger partial charge is 0.393 e. The number of aliphatic hydroxyl groups is 2. The van der Waals surface area contributed by atoms with Crippen molar-refractivity contribution in [2.24, 2.45) is 5.41 Å². The van der Waals surface area contributed by atoms with Crippen LogP contribution in [0.15, 0.2) is 84.4 Å². The lowest BCUT2D eigenvalue weighted by atomic mass is 9.64. The van der Waals surface area contributed by atoms with Crippen molar-refractivity contribution in [2.45, 2.75) is 89.5 Å². The molecule has 3 aromatic carbocycles. The molecule has 0 saturated heterocycles. The Morgan fingerprint density at radius 3 is 2.39 bits per heavy atom. The van der Waals surface area contributed by atoms with Crippen molar-refractivity contribution >= 4 is 5.78 Å². The van der Waals surface area contributed by atoms with Gasteiger partial charge in [0.25, 0.3) is 0 Å². The molecule has 1 aliphatic heterocycles. The molecule has 41 heavy (non-hydrogen) atoms. The first-order valence-corrected chi connectivity index (χ1v) is 15.3. The fourth-order valence-electron chi connectivity index (χ4n) is 7.83. The van der Waals surface area contributed by atoms with Gasteiger partial charge in [-0.1, -0.05) is 85.3 Å². The van der Waals surface area contributed by atoms with Crippen LogP contribution in [-0.2, 0) is 19.5 Å². The molecule has 0 spiro atoms. The highest BCUT2D eigenvalue weighted by Gasteiger charge is 2.57. The van der Waals surface area contributed by atoms with E-state index in [1.165, 1.54) is 16.7 Å². The third-order valence-corrected chi connectivity index (χ3v) is 10.3. The topological polar surface area (TPSA) is 60.8 Å². The third-order valence-electron chi connectivity index (χ3n) is 10.3. The summed E-state index contributed by atoms with van der Waals surface area (Å²) >= 11 is 0. The molecule has 214 valence electrons. The van der Waals surface area contributed by atoms with E-state index in [0.717, 1.165) is 55.5 Å². The molecule has 2 bridgehead atoms.